The monoisotopic (exact) mass is 533 g/mol. The zero-order chi connectivity index (χ0) is 26.8. The van der Waals surface area contributed by atoms with Crippen LogP contribution >= 0.6 is 11.6 Å². The quantitative estimate of drug-likeness (QED) is 0.344. The molecule has 1 fully saturated rings. The first kappa shape index (κ1) is 25.6. The number of hydrogen-bond acceptors (Lipinski definition) is 6. The number of fused-ring (bicyclic) bond motifs is 1. The number of carboxylic acids is 1. The van der Waals surface area contributed by atoms with Crippen LogP contribution in [0.5, 0.6) is 5.88 Å². The summed E-state index contributed by atoms with van der Waals surface area (Å²) in [7, 11) is 1.84. The van der Waals surface area contributed by atoms with Crippen molar-refractivity contribution in [2.45, 2.75) is 31.9 Å². The number of carboxylic acid groups (broad SMARTS) is 1. The van der Waals surface area contributed by atoms with Crippen LogP contribution in [0.4, 0.5) is 4.39 Å². The number of rotatable bonds is 7. The van der Waals surface area contributed by atoms with E-state index in [2.05, 4.69) is 20.9 Å². The first-order chi connectivity index (χ1) is 18.3. The first-order valence-corrected chi connectivity index (χ1v) is 12.6. The van der Waals surface area contributed by atoms with Gasteiger partial charge in [0.25, 0.3) is 0 Å². The van der Waals surface area contributed by atoms with E-state index in [9.17, 15) is 19.6 Å². The van der Waals surface area contributed by atoms with E-state index >= 15 is 0 Å². The second-order valence-corrected chi connectivity index (χ2v) is 9.81. The number of nitriles is 1. The molecule has 4 aromatic rings. The SMILES string of the molecule is Cn1c(CN2CCC(c3cccc(OCc4ccc(Cl)cc4F)n3)CC2)nc2c(C#N)cc(C(=O)O)cc21. The minimum atomic E-state index is -1.08. The summed E-state index contributed by atoms with van der Waals surface area (Å²) in [6, 6.07) is 15.2. The Kier molecular flexibility index (Phi) is 7.27. The summed E-state index contributed by atoms with van der Waals surface area (Å²) in [4.78, 5) is 23.1. The van der Waals surface area contributed by atoms with E-state index in [4.69, 9.17) is 16.3 Å². The second kappa shape index (κ2) is 10.8. The molecule has 8 nitrogen and oxygen atoms in total. The van der Waals surface area contributed by atoms with Gasteiger partial charge in [0, 0.05) is 35.3 Å². The number of benzene rings is 2. The summed E-state index contributed by atoms with van der Waals surface area (Å²) >= 11 is 5.82. The molecule has 38 heavy (non-hydrogen) atoms. The van der Waals surface area contributed by atoms with Gasteiger partial charge in [-0.2, -0.15) is 5.26 Å². The van der Waals surface area contributed by atoms with Crippen molar-refractivity contribution in [3.05, 3.63) is 87.6 Å². The fourth-order valence-corrected chi connectivity index (χ4v) is 4.96. The fraction of sp³-hybridized carbons (Fsp3) is 0.286. The van der Waals surface area contributed by atoms with Crippen molar-refractivity contribution in [3.8, 4) is 11.9 Å². The Morgan fingerprint density at radius 2 is 2.00 bits per heavy atom. The highest BCUT2D eigenvalue weighted by molar-refractivity contribution is 6.30. The van der Waals surface area contributed by atoms with E-state index in [0.29, 0.717) is 34.0 Å². The molecular weight excluding hydrogens is 509 g/mol. The van der Waals surface area contributed by atoms with Gasteiger partial charge in [-0.15, -0.1) is 0 Å². The van der Waals surface area contributed by atoms with Crippen LogP contribution in [0.25, 0.3) is 11.0 Å². The number of aromatic nitrogens is 3. The number of aryl methyl sites for hydroxylation is 1. The maximum absolute atomic E-state index is 14.1. The Hall–Kier alpha value is -4.00. The van der Waals surface area contributed by atoms with Crippen LogP contribution in [0, 0.1) is 17.1 Å². The summed E-state index contributed by atoms with van der Waals surface area (Å²) < 4.78 is 21.7. The smallest absolute Gasteiger partial charge is 0.335 e. The third-order valence-corrected chi connectivity index (χ3v) is 7.19. The predicted octanol–water partition coefficient (Wildman–Crippen LogP) is 5.29. The molecule has 1 aliphatic heterocycles. The zero-order valence-corrected chi connectivity index (χ0v) is 21.5. The number of pyridine rings is 1. The number of hydrogen-bond donors (Lipinski definition) is 1. The van der Waals surface area contributed by atoms with Crippen LogP contribution in [-0.4, -0.2) is 43.6 Å². The molecule has 2 aromatic heterocycles. The number of piperidine rings is 1. The van der Waals surface area contributed by atoms with Crippen molar-refractivity contribution in [1.29, 1.82) is 5.26 Å². The molecule has 0 saturated carbocycles. The average Bonchev–Trinajstić information content (AvgIpc) is 3.23. The van der Waals surface area contributed by atoms with E-state index in [1.165, 1.54) is 12.1 Å². The normalized spacial score (nSPS) is 14.5. The molecule has 0 spiro atoms. The van der Waals surface area contributed by atoms with Crippen molar-refractivity contribution < 1.29 is 19.0 Å². The van der Waals surface area contributed by atoms with Crippen molar-refractivity contribution in [2.75, 3.05) is 13.1 Å². The molecular formula is C28H25ClFN5O3. The predicted molar refractivity (Wildman–Crippen MR) is 140 cm³/mol. The minimum Gasteiger partial charge on any atom is -0.478 e. The Balaban J connectivity index is 1.23. The van der Waals surface area contributed by atoms with Crippen LogP contribution in [0.15, 0.2) is 48.5 Å². The van der Waals surface area contributed by atoms with Gasteiger partial charge in [0.15, 0.2) is 0 Å². The highest BCUT2D eigenvalue weighted by Crippen LogP contribution is 2.29. The number of ether oxygens (including phenoxy) is 1. The average molecular weight is 534 g/mol. The van der Waals surface area contributed by atoms with Gasteiger partial charge < -0.3 is 14.4 Å². The van der Waals surface area contributed by atoms with Gasteiger partial charge in [-0.25, -0.2) is 19.2 Å². The first-order valence-electron chi connectivity index (χ1n) is 12.2. The maximum Gasteiger partial charge on any atom is 0.335 e. The van der Waals surface area contributed by atoms with Gasteiger partial charge in [-0.3, -0.25) is 4.90 Å². The molecule has 1 saturated heterocycles. The summed E-state index contributed by atoms with van der Waals surface area (Å²) in [6.45, 7) is 2.33. The van der Waals surface area contributed by atoms with E-state index in [1.807, 2.05) is 23.7 Å². The molecule has 5 rings (SSSR count). The molecule has 0 bridgehead atoms. The Morgan fingerprint density at radius 1 is 1.21 bits per heavy atom. The van der Waals surface area contributed by atoms with E-state index in [1.54, 1.807) is 24.3 Å². The number of carbonyl (C=O) groups is 1. The standard InChI is InChI=1S/C28H25ClFN5O3/c1-34-24-12-19(28(36)37)11-20(14-31)27(24)33-25(34)15-35-9-7-17(8-10-35)23-3-2-4-26(32-23)38-16-18-5-6-21(29)13-22(18)30/h2-6,11-13,17H,7-10,15-16H2,1H3,(H,36,37). The molecule has 1 aliphatic rings. The lowest BCUT2D eigenvalue weighted by atomic mass is 9.93. The molecule has 3 heterocycles. The maximum atomic E-state index is 14.1. The Labute approximate surface area is 223 Å². The van der Waals surface area contributed by atoms with E-state index in [-0.39, 0.29) is 23.7 Å². The summed E-state index contributed by atoms with van der Waals surface area (Å²) in [5.74, 6) is 0.0144. The Bertz CT molecular complexity index is 1560. The largest absolute Gasteiger partial charge is 0.478 e. The highest BCUT2D eigenvalue weighted by Gasteiger charge is 2.24. The zero-order valence-electron chi connectivity index (χ0n) is 20.7. The van der Waals surface area contributed by atoms with Crippen molar-refractivity contribution in [3.63, 3.8) is 0 Å². The van der Waals surface area contributed by atoms with Crippen LogP contribution in [-0.2, 0) is 20.2 Å². The summed E-state index contributed by atoms with van der Waals surface area (Å²) in [5, 5.41) is 19.2. The van der Waals surface area contributed by atoms with E-state index in [0.717, 1.165) is 37.4 Å². The van der Waals surface area contributed by atoms with Gasteiger partial charge in [0.1, 0.15) is 29.8 Å². The summed E-state index contributed by atoms with van der Waals surface area (Å²) in [6.07, 6.45) is 1.80. The van der Waals surface area contributed by atoms with Gasteiger partial charge in [0.2, 0.25) is 5.88 Å². The molecule has 0 radical (unpaired) electrons. The van der Waals surface area contributed by atoms with Crippen LogP contribution in [0.1, 0.15) is 51.8 Å². The number of likely N-dealkylation sites (tertiary alicyclic amines) is 1. The van der Waals surface area contributed by atoms with E-state index < -0.39 is 11.8 Å². The number of aromatic carboxylic acids is 1. The fourth-order valence-electron chi connectivity index (χ4n) is 4.80. The lowest BCUT2D eigenvalue weighted by Crippen LogP contribution is -2.33. The van der Waals surface area contributed by atoms with Crippen LogP contribution < -0.4 is 4.74 Å². The van der Waals surface area contributed by atoms with Gasteiger partial charge >= 0.3 is 5.97 Å². The van der Waals surface area contributed by atoms with Crippen LogP contribution in [0.2, 0.25) is 5.02 Å². The third kappa shape index (κ3) is 5.32. The molecule has 194 valence electrons. The van der Waals surface area contributed by atoms with Crippen molar-refractivity contribution >= 4 is 28.6 Å². The third-order valence-electron chi connectivity index (χ3n) is 6.95. The number of nitrogens with zero attached hydrogens (tertiary/aromatic N) is 5. The molecule has 0 aliphatic carbocycles. The summed E-state index contributed by atoms with van der Waals surface area (Å²) in [5.41, 5.74) is 2.84. The van der Waals surface area contributed by atoms with Crippen LogP contribution in [0.3, 0.4) is 0 Å². The van der Waals surface area contributed by atoms with Crippen molar-refractivity contribution in [1.82, 2.24) is 19.4 Å². The second-order valence-electron chi connectivity index (χ2n) is 9.37. The Morgan fingerprint density at radius 3 is 2.71 bits per heavy atom. The van der Waals surface area contributed by atoms with Gasteiger partial charge in [-0.1, -0.05) is 23.7 Å². The molecule has 0 atom stereocenters. The molecule has 2 aromatic carbocycles. The van der Waals surface area contributed by atoms with Gasteiger partial charge in [0.05, 0.1) is 23.2 Å². The minimum absolute atomic E-state index is 0.0669. The topological polar surface area (TPSA) is 104 Å². The highest BCUT2D eigenvalue weighted by atomic mass is 35.5. The number of halogens is 2. The van der Waals surface area contributed by atoms with Gasteiger partial charge in [-0.05, 0) is 56.3 Å². The lowest BCUT2D eigenvalue weighted by molar-refractivity contribution is 0.0697. The molecule has 10 heteroatoms. The van der Waals surface area contributed by atoms with Crippen molar-refractivity contribution in [2.24, 2.45) is 7.05 Å². The molecule has 1 N–H and O–H groups in total. The number of imidazole rings is 1. The molecule has 0 unspecified atom stereocenters. The lowest BCUT2D eigenvalue weighted by Gasteiger charge is -2.31. The molecule has 0 amide bonds.